The molecule has 1 unspecified atom stereocenters. The average molecular weight is 206 g/mol. The van der Waals surface area contributed by atoms with Crippen LogP contribution in [0.1, 0.15) is 46.0 Å². The maximum atomic E-state index is 5.77. The predicted octanol–water partition coefficient (Wildman–Crippen LogP) is 3.52. The average Bonchev–Trinajstić information content (AvgIpc) is 2.16. The lowest BCUT2D eigenvalue weighted by atomic mass is 10.1. The highest BCUT2D eigenvalue weighted by Gasteiger charge is 2.05. The van der Waals surface area contributed by atoms with E-state index in [4.69, 9.17) is 11.6 Å². The minimum atomic E-state index is 0.521. The van der Waals surface area contributed by atoms with Crippen molar-refractivity contribution in [3.63, 3.8) is 0 Å². The zero-order valence-corrected chi connectivity index (χ0v) is 10.1. The molecule has 0 spiro atoms. The Balaban J connectivity index is 3.21. The fourth-order valence-electron chi connectivity index (χ4n) is 1.30. The molecule has 0 aliphatic rings. The van der Waals surface area contributed by atoms with E-state index in [0.717, 1.165) is 5.88 Å². The Morgan fingerprint density at radius 2 is 1.77 bits per heavy atom. The van der Waals surface area contributed by atoms with Crippen molar-refractivity contribution < 1.29 is 0 Å². The van der Waals surface area contributed by atoms with E-state index in [0.29, 0.717) is 6.04 Å². The van der Waals surface area contributed by atoms with Gasteiger partial charge in [-0.2, -0.15) is 0 Å². The van der Waals surface area contributed by atoms with Gasteiger partial charge in [-0.15, -0.1) is 11.6 Å². The summed E-state index contributed by atoms with van der Waals surface area (Å²) in [6.07, 6.45) is 6.78. The van der Waals surface area contributed by atoms with E-state index in [1.807, 2.05) is 0 Å². The maximum absolute atomic E-state index is 5.77. The zero-order valence-electron chi connectivity index (χ0n) is 9.35. The summed E-state index contributed by atoms with van der Waals surface area (Å²) in [5.41, 5.74) is 0. The van der Waals surface area contributed by atoms with Crippen molar-refractivity contribution in [3.05, 3.63) is 0 Å². The van der Waals surface area contributed by atoms with Gasteiger partial charge in [0.15, 0.2) is 0 Å². The number of rotatable bonds is 8. The lowest BCUT2D eigenvalue weighted by molar-refractivity contribution is 0.269. The van der Waals surface area contributed by atoms with E-state index in [2.05, 4.69) is 25.8 Å². The molecule has 80 valence electrons. The van der Waals surface area contributed by atoms with E-state index in [-0.39, 0.29) is 0 Å². The van der Waals surface area contributed by atoms with Crippen LogP contribution >= 0.6 is 11.6 Å². The zero-order chi connectivity index (χ0) is 10.1. The molecule has 0 N–H and O–H groups in total. The topological polar surface area (TPSA) is 3.24 Å². The first-order valence-electron chi connectivity index (χ1n) is 5.48. The smallest absolute Gasteiger partial charge is 0.0376 e. The van der Waals surface area contributed by atoms with Crippen molar-refractivity contribution in [2.45, 2.75) is 52.0 Å². The van der Waals surface area contributed by atoms with Gasteiger partial charge in [-0.3, -0.25) is 0 Å². The highest BCUT2D eigenvalue weighted by molar-refractivity contribution is 6.18. The summed E-state index contributed by atoms with van der Waals surface area (Å²) < 4.78 is 0. The molecule has 0 fully saturated rings. The van der Waals surface area contributed by atoms with E-state index in [1.54, 1.807) is 0 Å². The Morgan fingerprint density at radius 1 is 1.15 bits per heavy atom. The van der Waals surface area contributed by atoms with Gasteiger partial charge in [-0.05, 0) is 26.9 Å². The van der Waals surface area contributed by atoms with Crippen molar-refractivity contribution in [1.29, 1.82) is 0 Å². The first-order valence-corrected chi connectivity index (χ1v) is 6.02. The second-order valence-electron chi connectivity index (χ2n) is 3.90. The normalized spacial score (nSPS) is 13.6. The number of hydrogen-bond acceptors (Lipinski definition) is 1. The molecule has 0 aromatic carbocycles. The third kappa shape index (κ3) is 7.33. The van der Waals surface area contributed by atoms with Gasteiger partial charge in [-0.1, -0.05) is 32.6 Å². The summed E-state index contributed by atoms with van der Waals surface area (Å²) in [5, 5.41) is 0. The van der Waals surface area contributed by atoms with Crippen LogP contribution in [0.15, 0.2) is 0 Å². The van der Waals surface area contributed by atoms with Crippen LogP contribution in [0.5, 0.6) is 0 Å². The molecule has 1 nitrogen and oxygen atoms in total. The number of hydrogen-bond donors (Lipinski definition) is 0. The van der Waals surface area contributed by atoms with Gasteiger partial charge >= 0.3 is 0 Å². The molecule has 0 aromatic rings. The summed E-state index contributed by atoms with van der Waals surface area (Å²) in [6.45, 7) is 5.62. The Kier molecular flexibility index (Phi) is 9.00. The van der Waals surface area contributed by atoms with Crippen LogP contribution in [0.2, 0.25) is 0 Å². The Labute approximate surface area is 88.5 Å². The molecule has 0 aliphatic heterocycles. The standard InChI is InChI=1S/C11H24ClN/c1-4-5-6-7-8-9-13(3)11(2)10-12/h11H,4-10H2,1-3H3. The summed E-state index contributed by atoms with van der Waals surface area (Å²) >= 11 is 5.77. The molecule has 0 heterocycles. The second kappa shape index (κ2) is 8.83. The quantitative estimate of drug-likeness (QED) is 0.433. The summed E-state index contributed by atoms with van der Waals surface area (Å²) in [5.74, 6) is 0.742. The molecule has 1 atom stereocenters. The predicted molar refractivity (Wildman–Crippen MR) is 61.6 cm³/mol. The second-order valence-corrected chi connectivity index (χ2v) is 4.21. The molecule has 0 bridgehead atoms. The van der Waals surface area contributed by atoms with Crippen molar-refractivity contribution in [2.75, 3.05) is 19.5 Å². The van der Waals surface area contributed by atoms with E-state index in [9.17, 15) is 0 Å². The fourth-order valence-corrected chi connectivity index (χ4v) is 1.54. The van der Waals surface area contributed by atoms with Crippen molar-refractivity contribution in [2.24, 2.45) is 0 Å². The number of alkyl halides is 1. The lowest BCUT2D eigenvalue weighted by Gasteiger charge is -2.22. The molecule has 0 saturated carbocycles. The summed E-state index contributed by atoms with van der Waals surface area (Å²) in [4.78, 5) is 2.35. The SMILES string of the molecule is CCCCCCCN(C)C(C)CCl. The van der Waals surface area contributed by atoms with Gasteiger partial charge < -0.3 is 4.90 Å². The third-order valence-electron chi connectivity index (χ3n) is 2.59. The van der Waals surface area contributed by atoms with E-state index >= 15 is 0 Å². The Hall–Kier alpha value is 0.250. The minimum absolute atomic E-state index is 0.521. The molecule has 0 saturated heterocycles. The number of nitrogens with zero attached hydrogens (tertiary/aromatic N) is 1. The van der Waals surface area contributed by atoms with Crippen LogP contribution in [0.25, 0.3) is 0 Å². The van der Waals surface area contributed by atoms with E-state index in [1.165, 1.54) is 38.6 Å². The van der Waals surface area contributed by atoms with Crippen LogP contribution < -0.4 is 0 Å². The van der Waals surface area contributed by atoms with Crippen LogP contribution in [0, 0.1) is 0 Å². The summed E-state index contributed by atoms with van der Waals surface area (Å²) in [6, 6.07) is 0.521. The highest BCUT2D eigenvalue weighted by atomic mass is 35.5. The minimum Gasteiger partial charge on any atom is -0.303 e. The first-order chi connectivity index (χ1) is 6.22. The molecular formula is C11H24ClN. The molecule has 0 radical (unpaired) electrons. The van der Waals surface area contributed by atoms with Gasteiger partial charge in [-0.25, -0.2) is 0 Å². The number of unbranched alkanes of at least 4 members (excludes halogenated alkanes) is 4. The number of halogens is 1. The fraction of sp³-hybridized carbons (Fsp3) is 1.00. The van der Waals surface area contributed by atoms with Crippen molar-refractivity contribution in [3.8, 4) is 0 Å². The molecule has 0 rings (SSSR count). The monoisotopic (exact) mass is 205 g/mol. The molecule has 0 aliphatic carbocycles. The van der Waals surface area contributed by atoms with Gasteiger partial charge in [0.05, 0.1) is 0 Å². The summed E-state index contributed by atoms with van der Waals surface area (Å²) in [7, 11) is 2.16. The van der Waals surface area contributed by atoms with Gasteiger partial charge in [0.1, 0.15) is 0 Å². The largest absolute Gasteiger partial charge is 0.303 e. The molecule has 13 heavy (non-hydrogen) atoms. The molecular weight excluding hydrogens is 182 g/mol. The van der Waals surface area contributed by atoms with E-state index < -0.39 is 0 Å². The van der Waals surface area contributed by atoms with Gasteiger partial charge in [0.25, 0.3) is 0 Å². The molecule has 0 aromatic heterocycles. The van der Waals surface area contributed by atoms with Crippen LogP contribution in [-0.2, 0) is 0 Å². The van der Waals surface area contributed by atoms with Crippen LogP contribution in [-0.4, -0.2) is 30.4 Å². The third-order valence-corrected chi connectivity index (χ3v) is 3.04. The highest BCUT2D eigenvalue weighted by Crippen LogP contribution is 2.05. The van der Waals surface area contributed by atoms with Crippen LogP contribution in [0.4, 0.5) is 0 Å². The molecule has 2 heteroatoms. The molecule has 0 amide bonds. The van der Waals surface area contributed by atoms with Gasteiger partial charge in [0, 0.05) is 11.9 Å². The first kappa shape index (κ1) is 13.2. The van der Waals surface area contributed by atoms with Gasteiger partial charge in [0.2, 0.25) is 0 Å². The maximum Gasteiger partial charge on any atom is 0.0376 e. The van der Waals surface area contributed by atoms with Crippen molar-refractivity contribution in [1.82, 2.24) is 4.90 Å². The Morgan fingerprint density at radius 3 is 2.31 bits per heavy atom. The Bertz CT molecular complexity index is 106. The van der Waals surface area contributed by atoms with Crippen molar-refractivity contribution >= 4 is 11.6 Å². The lowest BCUT2D eigenvalue weighted by Crippen LogP contribution is -2.31. The van der Waals surface area contributed by atoms with Crippen LogP contribution in [0.3, 0.4) is 0 Å².